The molecule has 11 heavy (non-hydrogen) atoms. The zero-order valence-corrected chi connectivity index (χ0v) is 7.14. The molecule has 1 heterocycles. The van der Waals surface area contributed by atoms with Crippen LogP contribution in [-0.4, -0.2) is 10.7 Å². The molecule has 0 bridgehead atoms. The fourth-order valence-corrected chi connectivity index (χ4v) is 1.58. The molecule has 0 saturated carbocycles. The first-order valence-corrected chi connectivity index (χ1v) is 4.08. The molecular weight excluding hydrogens is 168 g/mol. The molecule has 0 aliphatic carbocycles. The Morgan fingerprint density at radius 3 is 2.45 bits per heavy atom. The Morgan fingerprint density at radius 1 is 1.45 bits per heavy atom. The molecule has 1 aromatic heterocycles. The summed E-state index contributed by atoms with van der Waals surface area (Å²) in [6.07, 6.45) is 0. The molecule has 4 heteroatoms. The van der Waals surface area contributed by atoms with E-state index in [0.29, 0.717) is 16.7 Å². The Kier molecular flexibility index (Phi) is 2.54. The first-order chi connectivity index (χ1) is 5.09. The maximum Gasteiger partial charge on any atom is 0.288 e. The molecule has 1 N–H and O–H groups in total. The molecule has 0 amide bonds. The van der Waals surface area contributed by atoms with Gasteiger partial charge in [-0.2, -0.15) is 8.78 Å². The second kappa shape index (κ2) is 3.26. The minimum absolute atomic E-state index is 0.581. The van der Waals surface area contributed by atoms with Crippen molar-refractivity contribution in [3.63, 3.8) is 0 Å². The summed E-state index contributed by atoms with van der Waals surface area (Å²) in [5.74, 6) is -2.33. The van der Waals surface area contributed by atoms with E-state index >= 15 is 0 Å². The number of thioether (sulfide) groups is 1. The summed E-state index contributed by atoms with van der Waals surface area (Å²) in [7, 11) is 0. The van der Waals surface area contributed by atoms with Crippen molar-refractivity contribution < 1.29 is 8.78 Å². The van der Waals surface area contributed by atoms with Gasteiger partial charge < -0.3 is 4.98 Å². The first-order valence-electron chi connectivity index (χ1n) is 3.20. The third kappa shape index (κ3) is 2.22. The number of H-pyrrole nitrogens is 1. The number of nitrogens with one attached hydrogen (secondary N) is 1. The average molecular weight is 177 g/mol. The topological polar surface area (TPSA) is 15.8 Å². The minimum atomic E-state index is -2.33. The maximum absolute atomic E-state index is 11.9. The van der Waals surface area contributed by atoms with E-state index in [-0.39, 0.29) is 0 Å². The van der Waals surface area contributed by atoms with Crippen molar-refractivity contribution in [3.8, 4) is 0 Å². The van der Waals surface area contributed by atoms with Gasteiger partial charge in [-0.15, -0.1) is 0 Å². The highest BCUT2D eigenvalue weighted by molar-refractivity contribution is 7.99. The van der Waals surface area contributed by atoms with Crippen LogP contribution in [0, 0.1) is 13.8 Å². The third-order valence-electron chi connectivity index (χ3n) is 1.32. The van der Waals surface area contributed by atoms with Gasteiger partial charge in [0.2, 0.25) is 0 Å². The molecule has 0 fully saturated rings. The van der Waals surface area contributed by atoms with E-state index in [1.54, 1.807) is 13.0 Å². The lowest BCUT2D eigenvalue weighted by molar-refractivity contribution is 0.252. The highest BCUT2D eigenvalue weighted by Gasteiger charge is 2.08. The fraction of sp³-hybridized carbons (Fsp3) is 0.429. The molecule has 0 aliphatic rings. The van der Waals surface area contributed by atoms with Crippen LogP contribution >= 0.6 is 11.8 Å². The Bertz CT molecular complexity index is 245. The number of rotatable bonds is 2. The smallest absolute Gasteiger partial charge is 0.288 e. The van der Waals surface area contributed by atoms with Crippen LogP contribution in [0.2, 0.25) is 0 Å². The number of aryl methyl sites for hydroxylation is 2. The first kappa shape index (κ1) is 8.59. The van der Waals surface area contributed by atoms with Crippen molar-refractivity contribution in [1.82, 2.24) is 4.98 Å². The molecule has 1 nitrogen and oxygen atoms in total. The summed E-state index contributed by atoms with van der Waals surface area (Å²) in [5.41, 5.74) is 1.73. The Morgan fingerprint density at radius 2 is 2.09 bits per heavy atom. The largest absolute Gasteiger partial charge is 0.362 e. The van der Waals surface area contributed by atoms with Gasteiger partial charge in [0.05, 0.1) is 0 Å². The Balaban J connectivity index is 2.77. The summed E-state index contributed by atoms with van der Waals surface area (Å²) in [4.78, 5) is 3.60. The SMILES string of the molecule is Cc1cc(SC(F)F)c(C)[nH]1. The number of hydrogen-bond acceptors (Lipinski definition) is 1. The van der Waals surface area contributed by atoms with Crippen LogP contribution < -0.4 is 0 Å². The average Bonchev–Trinajstić information content (AvgIpc) is 2.09. The van der Waals surface area contributed by atoms with Gasteiger partial charge in [0.25, 0.3) is 5.76 Å². The van der Waals surface area contributed by atoms with Crippen molar-refractivity contribution in [3.05, 3.63) is 17.5 Å². The lowest BCUT2D eigenvalue weighted by Crippen LogP contribution is -1.81. The molecule has 0 spiro atoms. The number of aromatic amines is 1. The van der Waals surface area contributed by atoms with E-state index in [1.807, 2.05) is 6.92 Å². The van der Waals surface area contributed by atoms with Crippen LogP contribution in [0.3, 0.4) is 0 Å². The van der Waals surface area contributed by atoms with Gasteiger partial charge in [-0.05, 0) is 19.9 Å². The maximum atomic E-state index is 11.9. The van der Waals surface area contributed by atoms with Crippen molar-refractivity contribution >= 4 is 11.8 Å². The van der Waals surface area contributed by atoms with Gasteiger partial charge >= 0.3 is 0 Å². The third-order valence-corrected chi connectivity index (χ3v) is 2.17. The summed E-state index contributed by atoms with van der Waals surface area (Å²) < 4.78 is 23.7. The van der Waals surface area contributed by atoms with Crippen LogP contribution in [-0.2, 0) is 0 Å². The zero-order valence-electron chi connectivity index (χ0n) is 6.32. The fourth-order valence-electron chi connectivity index (χ4n) is 0.917. The number of hydrogen-bond donors (Lipinski definition) is 1. The predicted octanol–water partition coefficient (Wildman–Crippen LogP) is 2.95. The molecule has 0 radical (unpaired) electrons. The number of alkyl halides is 2. The monoisotopic (exact) mass is 177 g/mol. The van der Waals surface area contributed by atoms with E-state index in [0.717, 1.165) is 11.4 Å². The van der Waals surface area contributed by atoms with E-state index in [2.05, 4.69) is 4.98 Å². The van der Waals surface area contributed by atoms with E-state index in [9.17, 15) is 8.78 Å². The van der Waals surface area contributed by atoms with Crippen molar-refractivity contribution in [1.29, 1.82) is 0 Å². The molecule has 0 atom stereocenters. The van der Waals surface area contributed by atoms with Gasteiger partial charge in [0.15, 0.2) is 0 Å². The van der Waals surface area contributed by atoms with E-state index in [1.165, 1.54) is 0 Å². The minimum Gasteiger partial charge on any atom is -0.362 e. The molecule has 1 rings (SSSR count). The van der Waals surface area contributed by atoms with E-state index < -0.39 is 5.76 Å². The van der Waals surface area contributed by atoms with Crippen molar-refractivity contribution in [2.24, 2.45) is 0 Å². The van der Waals surface area contributed by atoms with Gasteiger partial charge in [0.1, 0.15) is 0 Å². The second-order valence-electron chi connectivity index (χ2n) is 2.32. The van der Waals surface area contributed by atoms with E-state index in [4.69, 9.17) is 0 Å². The molecule has 0 unspecified atom stereocenters. The Labute approximate surface area is 68.2 Å². The molecule has 0 aromatic carbocycles. The van der Waals surface area contributed by atoms with Gasteiger partial charge in [0, 0.05) is 16.3 Å². The summed E-state index contributed by atoms with van der Waals surface area (Å²) in [6, 6.07) is 1.73. The van der Waals surface area contributed by atoms with Gasteiger partial charge in [-0.25, -0.2) is 0 Å². The summed E-state index contributed by atoms with van der Waals surface area (Å²) >= 11 is 0.581. The molecule has 0 saturated heterocycles. The zero-order chi connectivity index (χ0) is 8.43. The molecular formula is C7H9F2NS. The quantitative estimate of drug-likeness (QED) is 0.687. The van der Waals surface area contributed by atoms with Crippen LogP contribution in [0.1, 0.15) is 11.4 Å². The summed E-state index contributed by atoms with van der Waals surface area (Å²) in [6.45, 7) is 3.64. The van der Waals surface area contributed by atoms with Gasteiger partial charge in [-0.1, -0.05) is 11.8 Å². The predicted molar refractivity (Wildman–Crippen MR) is 42.1 cm³/mol. The molecule has 62 valence electrons. The molecule has 0 aliphatic heterocycles. The standard InChI is InChI=1S/C7H9F2NS/c1-4-3-6(5(2)10-4)11-7(8)9/h3,7,10H,1-2H3. The van der Waals surface area contributed by atoms with Crippen LogP contribution in [0.5, 0.6) is 0 Å². The highest BCUT2D eigenvalue weighted by atomic mass is 32.2. The van der Waals surface area contributed by atoms with Crippen LogP contribution in [0.4, 0.5) is 8.78 Å². The van der Waals surface area contributed by atoms with Gasteiger partial charge in [-0.3, -0.25) is 0 Å². The lowest BCUT2D eigenvalue weighted by atomic mass is 10.4. The normalized spacial score (nSPS) is 11.0. The number of aromatic nitrogens is 1. The molecule has 1 aromatic rings. The highest BCUT2D eigenvalue weighted by Crippen LogP contribution is 2.28. The number of halogens is 2. The van der Waals surface area contributed by atoms with Crippen molar-refractivity contribution in [2.45, 2.75) is 24.5 Å². The summed E-state index contributed by atoms with van der Waals surface area (Å²) in [5, 5.41) is 0. The Hall–Kier alpha value is -0.510. The van der Waals surface area contributed by atoms with Crippen molar-refractivity contribution in [2.75, 3.05) is 0 Å². The van der Waals surface area contributed by atoms with Crippen LogP contribution in [0.25, 0.3) is 0 Å². The lowest BCUT2D eigenvalue weighted by Gasteiger charge is -1.95. The second-order valence-corrected chi connectivity index (χ2v) is 3.35. The van der Waals surface area contributed by atoms with Crippen LogP contribution in [0.15, 0.2) is 11.0 Å².